The van der Waals surface area contributed by atoms with Crippen molar-refractivity contribution in [3.8, 4) is 5.75 Å². The van der Waals surface area contributed by atoms with Gasteiger partial charge in [0.15, 0.2) is 10.9 Å². The summed E-state index contributed by atoms with van der Waals surface area (Å²) in [6.07, 6.45) is 1.66. The summed E-state index contributed by atoms with van der Waals surface area (Å²) in [6, 6.07) is 24.6. The van der Waals surface area contributed by atoms with E-state index in [9.17, 15) is 4.79 Å². The Morgan fingerprint density at radius 2 is 1.79 bits per heavy atom. The standard InChI is InChI=1S/C25H20N4O3S/c1-29-16-26-28-25(29)33-19-13-11-17(12-14-19)27-24(30)23-21(15-31-18-7-3-2-4-8-18)20-9-5-6-10-22(20)32-23/h2-14,16H,15H2,1H3,(H,27,30). The zero-order valence-electron chi connectivity index (χ0n) is 17.8. The molecule has 0 aliphatic heterocycles. The van der Waals surface area contributed by atoms with Crippen LogP contribution in [0.2, 0.25) is 0 Å². The minimum absolute atomic E-state index is 0.219. The minimum Gasteiger partial charge on any atom is -0.489 e. The van der Waals surface area contributed by atoms with Gasteiger partial charge < -0.3 is 19.0 Å². The van der Waals surface area contributed by atoms with Crippen molar-refractivity contribution in [1.29, 1.82) is 0 Å². The maximum atomic E-state index is 13.1. The van der Waals surface area contributed by atoms with E-state index in [1.54, 1.807) is 6.33 Å². The second kappa shape index (κ2) is 9.22. The van der Waals surface area contributed by atoms with Crippen molar-refractivity contribution < 1.29 is 13.9 Å². The predicted octanol–water partition coefficient (Wildman–Crippen LogP) is 5.54. The highest BCUT2D eigenvalue weighted by Gasteiger charge is 2.21. The molecule has 8 heteroatoms. The Hall–Kier alpha value is -4.04. The maximum Gasteiger partial charge on any atom is 0.291 e. The number of hydrogen-bond donors (Lipinski definition) is 1. The number of carbonyl (C=O) groups is 1. The number of aromatic nitrogens is 3. The summed E-state index contributed by atoms with van der Waals surface area (Å²) in [5.74, 6) is 0.640. The van der Waals surface area contributed by atoms with Crippen LogP contribution < -0.4 is 10.1 Å². The molecular weight excluding hydrogens is 436 g/mol. The lowest BCUT2D eigenvalue weighted by molar-refractivity contribution is 0.0995. The number of nitrogens with zero attached hydrogens (tertiary/aromatic N) is 3. The molecule has 2 heterocycles. The number of furan rings is 1. The molecule has 0 aliphatic carbocycles. The van der Waals surface area contributed by atoms with Crippen LogP contribution >= 0.6 is 11.8 Å². The van der Waals surface area contributed by atoms with E-state index in [0.717, 1.165) is 21.2 Å². The van der Waals surface area contributed by atoms with E-state index in [-0.39, 0.29) is 18.3 Å². The van der Waals surface area contributed by atoms with Crippen LogP contribution in [0.4, 0.5) is 5.69 Å². The Balaban J connectivity index is 1.35. The second-order valence-corrected chi connectivity index (χ2v) is 8.35. The van der Waals surface area contributed by atoms with Gasteiger partial charge in [0.2, 0.25) is 0 Å². The average molecular weight is 457 g/mol. The Morgan fingerprint density at radius 1 is 1.03 bits per heavy atom. The van der Waals surface area contributed by atoms with Crippen LogP contribution in [0, 0.1) is 0 Å². The highest BCUT2D eigenvalue weighted by atomic mass is 32.2. The zero-order chi connectivity index (χ0) is 22.6. The van der Waals surface area contributed by atoms with E-state index in [1.807, 2.05) is 90.5 Å². The Bertz CT molecular complexity index is 1390. The molecule has 5 rings (SSSR count). The first-order valence-corrected chi connectivity index (χ1v) is 11.1. The summed E-state index contributed by atoms with van der Waals surface area (Å²) in [7, 11) is 1.89. The number of nitrogens with one attached hydrogen (secondary N) is 1. The predicted molar refractivity (Wildman–Crippen MR) is 127 cm³/mol. The van der Waals surface area contributed by atoms with E-state index in [0.29, 0.717) is 16.8 Å². The van der Waals surface area contributed by atoms with Gasteiger partial charge in [0.1, 0.15) is 24.3 Å². The largest absolute Gasteiger partial charge is 0.489 e. The SMILES string of the molecule is Cn1cnnc1Sc1ccc(NC(=O)c2oc3ccccc3c2COc2ccccc2)cc1. The molecule has 0 saturated heterocycles. The van der Waals surface area contributed by atoms with Crippen LogP contribution in [0.15, 0.2) is 99.7 Å². The summed E-state index contributed by atoms with van der Waals surface area (Å²) in [4.78, 5) is 14.1. The summed E-state index contributed by atoms with van der Waals surface area (Å²) in [5, 5.41) is 12.5. The van der Waals surface area contributed by atoms with Gasteiger partial charge in [-0.05, 0) is 54.2 Å². The molecule has 2 aromatic heterocycles. The number of anilines is 1. The number of hydrogen-bond acceptors (Lipinski definition) is 6. The molecule has 33 heavy (non-hydrogen) atoms. The minimum atomic E-state index is -0.327. The van der Waals surface area contributed by atoms with Gasteiger partial charge in [-0.1, -0.05) is 36.4 Å². The van der Waals surface area contributed by atoms with Crippen molar-refractivity contribution in [2.75, 3.05) is 5.32 Å². The van der Waals surface area contributed by atoms with Crippen molar-refractivity contribution in [2.45, 2.75) is 16.7 Å². The fraction of sp³-hybridized carbons (Fsp3) is 0.0800. The number of aryl methyl sites for hydroxylation is 1. The zero-order valence-corrected chi connectivity index (χ0v) is 18.6. The summed E-state index contributed by atoms with van der Waals surface area (Å²) in [6.45, 7) is 0.219. The molecular formula is C25H20N4O3S. The topological polar surface area (TPSA) is 82.2 Å². The number of para-hydroxylation sites is 2. The fourth-order valence-corrected chi connectivity index (χ4v) is 4.12. The lowest BCUT2D eigenvalue weighted by Crippen LogP contribution is -2.13. The van der Waals surface area contributed by atoms with Crippen molar-refractivity contribution >= 4 is 34.3 Å². The lowest BCUT2D eigenvalue weighted by Gasteiger charge is -2.08. The van der Waals surface area contributed by atoms with Gasteiger partial charge >= 0.3 is 0 Å². The maximum absolute atomic E-state index is 13.1. The van der Waals surface area contributed by atoms with Gasteiger partial charge in [0.05, 0.1) is 0 Å². The molecule has 7 nitrogen and oxygen atoms in total. The Kier molecular flexibility index (Phi) is 5.82. The summed E-state index contributed by atoms with van der Waals surface area (Å²) >= 11 is 1.50. The smallest absolute Gasteiger partial charge is 0.291 e. The number of carbonyl (C=O) groups excluding carboxylic acids is 1. The molecule has 0 unspecified atom stereocenters. The number of rotatable bonds is 7. The number of ether oxygens (including phenoxy) is 1. The number of benzene rings is 3. The molecule has 1 amide bonds. The van der Waals surface area contributed by atoms with Gasteiger partial charge in [-0.25, -0.2) is 0 Å². The van der Waals surface area contributed by atoms with Crippen molar-refractivity contribution in [3.63, 3.8) is 0 Å². The molecule has 0 aliphatic rings. The molecule has 0 spiro atoms. The molecule has 0 fully saturated rings. The van der Waals surface area contributed by atoms with E-state index < -0.39 is 0 Å². The highest BCUT2D eigenvalue weighted by Crippen LogP contribution is 2.29. The van der Waals surface area contributed by atoms with Crippen LogP contribution in [0.1, 0.15) is 16.1 Å². The Labute approximate surface area is 194 Å². The number of fused-ring (bicyclic) bond motifs is 1. The molecule has 0 radical (unpaired) electrons. The Morgan fingerprint density at radius 3 is 2.55 bits per heavy atom. The van der Waals surface area contributed by atoms with Crippen molar-refractivity contribution in [1.82, 2.24) is 14.8 Å². The molecule has 164 valence electrons. The molecule has 0 atom stereocenters. The lowest BCUT2D eigenvalue weighted by atomic mass is 10.1. The molecule has 5 aromatic rings. The first kappa shape index (κ1) is 20.8. The van der Waals surface area contributed by atoms with E-state index in [4.69, 9.17) is 9.15 Å². The van der Waals surface area contributed by atoms with Crippen LogP contribution in [0.25, 0.3) is 11.0 Å². The second-order valence-electron chi connectivity index (χ2n) is 7.31. The summed E-state index contributed by atoms with van der Waals surface area (Å²) < 4.78 is 13.7. The van der Waals surface area contributed by atoms with E-state index in [2.05, 4.69) is 15.5 Å². The van der Waals surface area contributed by atoms with Gasteiger partial charge in [0.25, 0.3) is 5.91 Å². The number of amides is 1. The third-order valence-corrected chi connectivity index (χ3v) is 6.08. The van der Waals surface area contributed by atoms with Crippen LogP contribution in [-0.4, -0.2) is 20.7 Å². The monoisotopic (exact) mass is 456 g/mol. The van der Waals surface area contributed by atoms with Gasteiger partial charge in [0, 0.05) is 28.6 Å². The summed E-state index contributed by atoms with van der Waals surface area (Å²) in [5.41, 5.74) is 2.02. The van der Waals surface area contributed by atoms with Crippen LogP contribution in [-0.2, 0) is 13.7 Å². The first-order chi connectivity index (χ1) is 16.2. The van der Waals surface area contributed by atoms with Gasteiger partial charge in [-0.3, -0.25) is 4.79 Å². The quantitative estimate of drug-likeness (QED) is 0.346. The molecule has 0 bridgehead atoms. The third kappa shape index (κ3) is 4.61. The first-order valence-electron chi connectivity index (χ1n) is 10.3. The molecule has 3 aromatic carbocycles. The van der Waals surface area contributed by atoms with Crippen molar-refractivity contribution in [2.24, 2.45) is 7.05 Å². The van der Waals surface area contributed by atoms with Crippen molar-refractivity contribution in [3.05, 3.63) is 96.5 Å². The fourth-order valence-electron chi connectivity index (χ4n) is 3.36. The third-order valence-electron chi connectivity index (χ3n) is 5.02. The molecule has 0 saturated carbocycles. The van der Waals surface area contributed by atoms with Gasteiger partial charge in [-0.15, -0.1) is 10.2 Å². The van der Waals surface area contributed by atoms with Crippen LogP contribution in [0.5, 0.6) is 5.75 Å². The van der Waals surface area contributed by atoms with Crippen LogP contribution in [0.3, 0.4) is 0 Å². The van der Waals surface area contributed by atoms with E-state index >= 15 is 0 Å². The highest BCUT2D eigenvalue weighted by molar-refractivity contribution is 7.99. The average Bonchev–Trinajstić information content (AvgIpc) is 3.43. The van der Waals surface area contributed by atoms with E-state index in [1.165, 1.54) is 11.8 Å². The molecule has 1 N–H and O–H groups in total. The normalized spacial score (nSPS) is 10.9. The van der Waals surface area contributed by atoms with Gasteiger partial charge in [-0.2, -0.15) is 0 Å².